The fourth-order valence-electron chi connectivity index (χ4n) is 1.08. The molecular weight excluding hydrogens is 292 g/mol. The van der Waals surface area contributed by atoms with E-state index in [2.05, 4.69) is 20.7 Å². The van der Waals surface area contributed by atoms with Gasteiger partial charge in [-0.05, 0) is 28.1 Å². The number of halogens is 1. The second kappa shape index (κ2) is 6.85. The van der Waals surface area contributed by atoms with Crippen LogP contribution in [-0.2, 0) is 4.74 Å². The molecule has 1 rings (SSSR count). The molecule has 0 atom stereocenters. The molecule has 0 spiro atoms. The molecule has 0 saturated carbocycles. The number of hydrogen-bond donors (Lipinski definition) is 1. The van der Waals surface area contributed by atoms with Gasteiger partial charge in [-0.3, -0.25) is 10.1 Å². The Morgan fingerprint density at radius 1 is 1.47 bits per heavy atom. The summed E-state index contributed by atoms with van der Waals surface area (Å²) in [4.78, 5) is 21.3. The number of benzene rings is 1. The minimum absolute atomic E-state index is 0.0800. The van der Waals surface area contributed by atoms with E-state index in [9.17, 15) is 14.9 Å². The average Bonchev–Trinajstić information content (AvgIpc) is 2.32. The predicted octanol–water partition coefficient (Wildman–Crippen LogP) is 2.75. The first-order valence-corrected chi connectivity index (χ1v) is 5.59. The van der Waals surface area contributed by atoms with Gasteiger partial charge in [0.2, 0.25) is 0 Å². The highest BCUT2D eigenvalue weighted by atomic mass is 79.9. The van der Waals surface area contributed by atoms with E-state index in [0.29, 0.717) is 0 Å². The van der Waals surface area contributed by atoms with Gasteiger partial charge >= 0.3 is 11.7 Å². The van der Waals surface area contributed by atoms with Crippen molar-refractivity contribution in [3.8, 4) is 0 Å². The second-order valence-electron chi connectivity index (χ2n) is 2.61. The lowest BCUT2D eigenvalue weighted by Gasteiger charge is -2.05. The fourth-order valence-corrected chi connectivity index (χ4v) is 1.56. The molecule has 17 heavy (non-hydrogen) atoms. The van der Waals surface area contributed by atoms with Crippen LogP contribution in [0, 0.1) is 10.1 Å². The van der Waals surface area contributed by atoms with Crippen LogP contribution in [0.5, 0.6) is 0 Å². The van der Waals surface area contributed by atoms with Crippen LogP contribution in [0.4, 0.5) is 11.4 Å². The summed E-state index contributed by atoms with van der Waals surface area (Å²) in [5, 5.41) is 10.7. The topological polar surface area (TPSA) is 95.5 Å². The van der Waals surface area contributed by atoms with E-state index < -0.39 is 16.6 Å². The van der Waals surface area contributed by atoms with E-state index >= 15 is 0 Å². The number of ether oxygens (including phenoxy) is 1. The van der Waals surface area contributed by atoms with Crippen LogP contribution >= 0.6 is 15.9 Å². The van der Waals surface area contributed by atoms with E-state index in [-0.39, 0.29) is 15.7 Å². The summed E-state index contributed by atoms with van der Waals surface area (Å²) >= 11 is 3.03. The Labute approximate surface area is 107 Å². The standard InChI is InChI=1S/C8H7BrN2O4.C2H6/c1-15-8(12)6-4(9)2-3-5(10)7(6)11(13)14;1-2/h2-3H,10H2,1H3;1-2H3. The number of carbonyl (C=O) groups excluding carboxylic acids is 1. The van der Waals surface area contributed by atoms with Gasteiger partial charge in [-0.1, -0.05) is 13.8 Å². The van der Waals surface area contributed by atoms with Crippen molar-refractivity contribution in [2.45, 2.75) is 13.8 Å². The summed E-state index contributed by atoms with van der Waals surface area (Å²) in [6, 6.07) is 2.79. The largest absolute Gasteiger partial charge is 0.465 e. The quantitative estimate of drug-likeness (QED) is 0.392. The summed E-state index contributed by atoms with van der Waals surface area (Å²) in [6.07, 6.45) is 0. The summed E-state index contributed by atoms with van der Waals surface area (Å²) in [7, 11) is 1.14. The Bertz CT molecular complexity index is 435. The molecule has 0 bridgehead atoms. The number of anilines is 1. The van der Waals surface area contributed by atoms with Crippen molar-refractivity contribution < 1.29 is 14.5 Å². The molecular formula is C10H13BrN2O4. The molecule has 0 aromatic heterocycles. The number of carbonyl (C=O) groups is 1. The second-order valence-corrected chi connectivity index (χ2v) is 3.46. The van der Waals surface area contributed by atoms with Crippen molar-refractivity contribution in [3.05, 3.63) is 32.3 Å². The zero-order valence-corrected chi connectivity index (χ0v) is 11.3. The first-order chi connectivity index (χ1) is 7.99. The van der Waals surface area contributed by atoms with Crippen LogP contribution in [0.15, 0.2) is 16.6 Å². The third kappa shape index (κ3) is 3.42. The molecule has 0 fully saturated rings. The Balaban J connectivity index is 0.00000121. The molecule has 2 N–H and O–H groups in total. The van der Waals surface area contributed by atoms with Crippen molar-refractivity contribution in [1.82, 2.24) is 0 Å². The van der Waals surface area contributed by atoms with Crippen molar-refractivity contribution in [2.75, 3.05) is 12.8 Å². The number of esters is 1. The average molecular weight is 305 g/mol. The van der Waals surface area contributed by atoms with Crippen LogP contribution in [0.1, 0.15) is 24.2 Å². The van der Waals surface area contributed by atoms with Crippen LogP contribution < -0.4 is 5.73 Å². The Morgan fingerprint density at radius 2 is 2.00 bits per heavy atom. The maximum atomic E-state index is 11.3. The summed E-state index contributed by atoms with van der Waals surface area (Å²) < 4.78 is 4.71. The summed E-state index contributed by atoms with van der Waals surface area (Å²) in [5.41, 5.74) is 4.71. The maximum Gasteiger partial charge on any atom is 0.346 e. The van der Waals surface area contributed by atoms with Crippen molar-refractivity contribution in [1.29, 1.82) is 0 Å². The molecule has 0 amide bonds. The highest BCUT2D eigenvalue weighted by Crippen LogP contribution is 2.32. The smallest absolute Gasteiger partial charge is 0.346 e. The van der Waals surface area contributed by atoms with Gasteiger partial charge in [0.25, 0.3) is 0 Å². The SMILES string of the molecule is CC.COC(=O)c1c(Br)ccc(N)c1[N+](=O)[O-]. The summed E-state index contributed by atoms with van der Waals surface area (Å²) in [6.45, 7) is 4.00. The van der Waals surface area contributed by atoms with E-state index in [1.165, 1.54) is 12.1 Å². The number of rotatable bonds is 2. The molecule has 94 valence electrons. The highest BCUT2D eigenvalue weighted by Gasteiger charge is 2.26. The van der Waals surface area contributed by atoms with Gasteiger partial charge in [-0.25, -0.2) is 4.79 Å². The molecule has 0 heterocycles. The highest BCUT2D eigenvalue weighted by molar-refractivity contribution is 9.10. The van der Waals surface area contributed by atoms with Crippen LogP contribution in [0.2, 0.25) is 0 Å². The van der Waals surface area contributed by atoms with Crippen molar-refractivity contribution in [3.63, 3.8) is 0 Å². The Hall–Kier alpha value is -1.63. The number of hydrogen-bond acceptors (Lipinski definition) is 5. The minimum atomic E-state index is -0.805. The molecule has 0 aliphatic carbocycles. The molecule has 0 aliphatic heterocycles. The molecule has 1 aromatic rings. The summed E-state index contributed by atoms with van der Waals surface area (Å²) in [5.74, 6) is -0.805. The molecule has 0 unspecified atom stereocenters. The van der Waals surface area contributed by atoms with E-state index in [0.717, 1.165) is 7.11 Å². The van der Waals surface area contributed by atoms with E-state index in [4.69, 9.17) is 5.73 Å². The molecule has 6 nitrogen and oxygen atoms in total. The normalized spacial score (nSPS) is 8.94. The first-order valence-electron chi connectivity index (χ1n) is 4.79. The van der Waals surface area contributed by atoms with Crippen LogP contribution in [0.25, 0.3) is 0 Å². The Morgan fingerprint density at radius 3 is 2.41 bits per heavy atom. The number of nitrogens with zero attached hydrogens (tertiary/aromatic N) is 1. The van der Waals surface area contributed by atoms with E-state index in [1.54, 1.807) is 0 Å². The zero-order chi connectivity index (χ0) is 13.6. The number of nitrogen functional groups attached to an aromatic ring is 1. The lowest BCUT2D eigenvalue weighted by molar-refractivity contribution is -0.384. The van der Waals surface area contributed by atoms with Crippen LogP contribution in [-0.4, -0.2) is 18.0 Å². The van der Waals surface area contributed by atoms with Gasteiger partial charge in [0.15, 0.2) is 5.56 Å². The predicted molar refractivity (Wildman–Crippen MR) is 67.9 cm³/mol. The van der Waals surface area contributed by atoms with Gasteiger partial charge in [0, 0.05) is 4.47 Å². The lowest BCUT2D eigenvalue weighted by Crippen LogP contribution is -2.08. The first kappa shape index (κ1) is 15.4. The number of nitrogens with two attached hydrogens (primary N) is 1. The number of nitro benzene ring substituents is 1. The number of methoxy groups -OCH3 is 1. The zero-order valence-electron chi connectivity index (χ0n) is 9.69. The van der Waals surface area contributed by atoms with Gasteiger partial charge < -0.3 is 10.5 Å². The lowest BCUT2D eigenvalue weighted by atomic mass is 10.1. The molecule has 1 aromatic carbocycles. The van der Waals surface area contributed by atoms with E-state index in [1.807, 2.05) is 13.8 Å². The minimum Gasteiger partial charge on any atom is -0.465 e. The monoisotopic (exact) mass is 304 g/mol. The third-order valence-electron chi connectivity index (χ3n) is 1.73. The van der Waals surface area contributed by atoms with Gasteiger partial charge in [-0.15, -0.1) is 0 Å². The Kier molecular flexibility index (Phi) is 6.19. The van der Waals surface area contributed by atoms with Crippen molar-refractivity contribution in [2.24, 2.45) is 0 Å². The molecule has 0 aliphatic rings. The van der Waals surface area contributed by atoms with Gasteiger partial charge in [0.1, 0.15) is 5.69 Å². The fraction of sp³-hybridized carbons (Fsp3) is 0.300. The molecule has 0 saturated heterocycles. The van der Waals surface area contributed by atoms with Crippen LogP contribution in [0.3, 0.4) is 0 Å². The van der Waals surface area contributed by atoms with Gasteiger partial charge in [0.05, 0.1) is 12.0 Å². The third-order valence-corrected chi connectivity index (χ3v) is 2.39. The number of nitro groups is 1. The molecule has 0 radical (unpaired) electrons. The molecule has 7 heteroatoms. The maximum absolute atomic E-state index is 11.3. The van der Waals surface area contributed by atoms with Crippen molar-refractivity contribution >= 4 is 33.3 Å². The van der Waals surface area contributed by atoms with Gasteiger partial charge in [-0.2, -0.15) is 0 Å².